The Bertz CT molecular complexity index is 1300. The highest BCUT2D eigenvalue weighted by molar-refractivity contribution is 6.12. The summed E-state index contributed by atoms with van der Waals surface area (Å²) in [5, 5.41) is 2.79. The van der Waals surface area contributed by atoms with Gasteiger partial charge in [-0.15, -0.1) is 0 Å². The second kappa shape index (κ2) is 8.44. The van der Waals surface area contributed by atoms with Gasteiger partial charge in [0.2, 0.25) is 5.91 Å². The van der Waals surface area contributed by atoms with Crippen LogP contribution in [0.3, 0.4) is 0 Å². The number of carbonyl (C=O) groups excluding carboxylic acids is 2. The molecule has 0 aliphatic carbocycles. The number of hydrogen-bond acceptors (Lipinski definition) is 4. The normalized spacial score (nSPS) is 10.9. The maximum atomic E-state index is 13.1. The molecule has 31 heavy (non-hydrogen) atoms. The van der Waals surface area contributed by atoms with Crippen molar-refractivity contribution >= 4 is 33.5 Å². The highest BCUT2D eigenvalue weighted by Crippen LogP contribution is 2.37. The van der Waals surface area contributed by atoms with Gasteiger partial charge in [-0.05, 0) is 46.2 Å². The number of methoxy groups -OCH3 is 1. The molecule has 2 N–H and O–H groups in total. The fourth-order valence-corrected chi connectivity index (χ4v) is 3.86. The third-order valence-corrected chi connectivity index (χ3v) is 5.44. The Kier molecular flexibility index (Phi) is 5.54. The van der Waals surface area contributed by atoms with Crippen molar-refractivity contribution in [3.05, 3.63) is 72.4 Å². The van der Waals surface area contributed by atoms with Crippen LogP contribution < -0.4 is 10.5 Å². The summed E-state index contributed by atoms with van der Waals surface area (Å²) in [6.45, 7) is 0.277. The van der Waals surface area contributed by atoms with Gasteiger partial charge in [0.15, 0.2) is 0 Å². The molecule has 3 aromatic carbocycles. The zero-order valence-corrected chi connectivity index (χ0v) is 17.5. The van der Waals surface area contributed by atoms with Gasteiger partial charge in [0, 0.05) is 37.2 Å². The van der Waals surface area contributed by atoms with E-state index in [9.17, 15) is 9.59 Å². The highest BCUT2D eigenvalue weighted by atomic mass is 16.5. The lowest BCUT2D eigenvalue weighted by molar-refractivity contribution is -0.118. The lowest BCUT2D eigenvalue weighted by atomic mass is 9.93. The Balaban J connectivity index is 1.86. The van der Waals surface area contributed by atoms with Crippen LogP contribution in [0, 0.1) is 0 Å². The number of ether oxygens (including phenoxy) is 1. The number of primary amides is 1. The topological polar surface area (TPSA) is 85.5 Å². The molecule has 0 spiro atoms. The van der Waals surface area contributed by atoms with Gasteiger partial charge in [-0.3, -0.25) is 14.6 Å². The molecule has 0 fully saturated rings. The number of fused-ring (bicyclic) bond motifs is 2. The van der Waals surface area contributed by atoms with Crippen LogP contribution in [0.2, 0.25) is 0 Å². The molecule has 0 saturated heterocycles. The standard InChI is InChI=1S/C25H23N3O3/c1-28(15-13-23(26)29)25(30)21-9-4-7-16-17(6-3-8-18(16)21)19-11-12-22(31-2)24-20(19)10-5-14-27-24/h3-12,14H,13,15H2,1-2H3,(H2,26,29). The average Bonchev–Trinajstić information content (AvgIpc) is 2.80. The first kappa shape index (κ1) is 20.3. The maximum absolute atomic E-state index is 13.1. The summed E-state index contributed by atoms with van der Waals surface area (Å²) in [6.07, 6.45) is 1.87. The van der Waals surface area contributed by atoms with E-state index in [0.717, 1.165) is 32.8 Å². The quantitative estimate of drug-likeness (QED) is 0.517. The van der Waals surface area contributed by atoms with Crippen molar-refractivity contribution in [1.82, 2.24) is 9.88 Å². The second-order valence-corrected chi connectivity index (χ2v) is 7.36. The fraction of sp³-hybridized carbons (Fsp3) is 0.160. The number of nitrogens with two attached hydrogens (primary N) is 1. The van der Waals surface area contributed by atoms with E-state index in [4.69, 9.17) is 10.5 Å². The Labute approximate surface area is 180 Å². The van der Waals surface area contributed by atoms with Crippen molar-refractivity contribution in [2.75, 3.05) is 20.7 Å². The van der Waals surface area contributed by atoms with E-state index >= 15 is 0 Å². The summed E-state index contributed by atoms with van der Waals surface area (Å²) < 4.78 is 5.48. The third-order valence-electron chi connectivity index (χ3n) is 5.44. The number of aromatic nitrogens is 1. The molecule has 0 bridgehead atoms. The summed E-state index contributed by atoms with van der Waals surface area (Å²) in [4.78, 5) is 30.2. The van der Waals surface area contributed by atoms with Crippen molar-refractivity contribution in [2.24, 2.45) is 5.73 Å². The van der Waals surface area contributed by atoms with Gasteiger partial charge in [0.1, 0.15) is 11.3 Å². The van der Waals surface area contributed by atoms with Crippen LogP contribution in [0.25, 0.3) is 32.8 Å². The summed E-state index contributed by atoms with van der Waals surface area (Å²) in [5.74, 6) is 0.136. The number of hydrogen-bond donors (Lipinski definition) is 1. The average molecular weight is 413 g/mol. The zero-order valence-electron chi connectivity index (χ0n) is 17.5. The fourth-order valence-electron chi connectivity index (χ4n) is 3.86. The van der Waals surface area contributed by atoms with Crippen LogP contribution in [0.1, 0.15) is 16.8 Å². The lowest BCUT2D eigenvalue weighted by Gasteiger charge is -2.18. The van der Waals surface area contributed by atoms with Crippen LogP contribution in [-0.4, -0.2) is 42.4 Å². The van der Waals surface area contributed by atoms with Gasteiger partial charge in [-0.1, -0.05) is 36.4 Å². The molecule has 0 radical (unpaired) electrons. The number of rotatable bonds is 6. The molecule has 1 heterocycles. The van der Waals surface area contributed by atoms with Gasteiger partial charge in [0.05, 0.1) is 7.11 Å². The summed E-state index contributed by atoms with van der Waals surface area (Å²) >= 11 is 0. The van der Waals surface area contributed by atoms with Crippen molar-refractivity contribution in [3.8, 4) is 16.9 Å². The summed E-state index contributed by atoms with van der Waals surface area (Å²) in [5.41, 5.74) is 8.63. The molecule has 0 unspecified atom stereocenters. The van der Waals surface area contributed by atoms with Crippen molar-refractivity contribution < 1.29 is 14.3 Å². The zero-order chi connectivity index (χ0) is 22.0. The minimum Gasteiger partial charge on any atom is -0.494 e. The SMILES string of the molecule is COc1ccc(-c2cccc3c(C(=O)N(C)CCC(N)=O)cccc23)c2cccnc12. The Morgan fingerprint density at radius 3 is 2.42 bits per heavy atom. The number of nitrogens with zero attached hydrogens (tertiary/aromatic N) is 2. The molecule has 0 saturated carbocycles. The molecule has 0 aliphatic rings. The Hall–Kier alpha value is -3.93. The molecule has 0 aliphatic heterocycles. The maximum Gasteiger partial charge on any atom is 0.254 e. The predicted octanol–water partition coefficient (Wildman–Crippen LogP) is 4.01. The van der Waals surface area contributed by atoms with Crippen LogP contribution in [0.5, 0.6) is 5.75 Å². The van der Waals surface area contributed by atoms with E-state index in [2.05, 4.69) is 4.98 Å². The number of carbonyl (C=O) groups is 2. The number of pyridine rings is 1. The summed E-state index contributed by atoms with van der Waals surface area (Å²) in [7, 11) is 3.31. The van der Waals surface area contributed by atoms with Gasteiger partial charge < -0.3 is 15.4 Å². The van der Waals surface area contributed by atoms with Crippen molar-refractivity contribution in [3.63, 3.8) is 0 Å². The van der Waals surface area contributed by atoms with Crippen LogP contribution in [0.15, 0.2) is 66.9 Å². The minimum atomic E-state index is -0.431. The first-order valence-corrected chi connectivity index (χ1v) is 9.99. The van der Waals surface area contributed by atoms with Gasteiger partial charge in [-0.25, -0.2) is 0 Å². The van der Waals surface area contributed by atoms with E-state index in [0.29, 0.717) is 11.3 Å². The Morgan fingerprint density at radius 2 is 1.65 bits per heavy atom. The molecule has 4 aromatic rings. The molecule has 4 rings (SSSR count). The first-order valence-electron chi connectivity index (χ1n) is 9.99. The van der Waals surface area contributed by atoms with Crippen LogP contribution in [-0.2, 0) is 4.79 Å². The molecular weight excluding hydrogens is 390 g/mol. The molecule has 0 atom stereocenters. The van der Waals surface area contributed by atoms with Gasteiger partial charge >= 0.3 is 0 Å². The van der Waals surface area contributed by atoms with Crippen LogP contribution in [0.4, 0.5) is 0 Å². The molecular formula is C25H23N3O3. The minimum absolute atomic E-state index is 0.128. The highest BCUT2D eigenvalue weighted by Gasteiger charge is 2.17. The number of amides is 2. The van der Waals surface area contributed by atoms with E-state index in [-0.39, 0.29) is 18.9 Å². The molecule has 1 aromatic heterocycles. The first-order chi connectivity index (χ1) is 15.0. The largest absolute Gasteiger partial charge is 0.494 e. The van der Waals surface area contributed by atoms with E-state index in [1.165, 1.54) is 4.90 Å². The molecule has 156 valence electrons. The van der Waals surface area contributed by atoms with E-state index in [1.54, 1.807) is 20.4 Å². The van der Waals surface area contributed by atoms with Crippen molar-refractivity contribution in [2.45, 2.75) is 6.42 Å². The van der Waals surface area contributed by atoms with Crippen LogP contribution >= 0.6 is 0 Å². The van der Waals surface area contributed by atoms with E-state index in [1.807, 2.05) is 60.7 Å². The van der Waals surface area contributed by atoms with Gasteiger partial charge in [-0.2, -0.15) is 0 Å². The summed E-state index contributed by atoms with van der Waals surface area (Å²) in [6, 6.07) is 19.5. The van der Waals surface area contributed by atoms with Gasteiger partial charge in [0.25, 0.3) is 5.91 Å². The van der Waals surface area contributed by atoms with E-state index < -0.39 is 5.91 Å². The van der Waals surface area contributed by atoms with Crippen molar-refractivity contribution in [1.29, 1.82) is 0 Å². The smallest absolute Gasteiger partial charge is 0.254 e. The third kappa shape index (κ3) is 3.80. The Morgan fingerprint density at radius 1 is 0.935 bits per heavy atom. The molecule has 6 nitrogen and oxygen atoms in total. The number of benzene rings is 3. The monoisotopic (exact) mass is 413 g/mol. The molecule has 2 amide bonds. The lowest BCUT2D eigenvalue weighted by Crippen LogP contribution is -2.30. The second-order valence-electron chi connectivity index (χ2n) is 7.36. The molecule has 6 heteroatoms. The predicted molar refractivity (Wildman–Crippen MR) is 122 cm³/mol.